The molecule has 8 heteroatoms. The molecule has 5 nitrogen and oxygen atoms in total. The zero-order chi connectivity index (χ0) is 12.5. The van der Waals surface area contributed by atoms with E-state index in [9.17, 15) is 13.2 Å². The molecule has 1 aliphatic heterocycles. The number of urea groups is 1. The van der Waals surface area contributed by atoms with Crippen molar-refractivity contribution in [1.82, 2.24) is 4.31 Å². The molecule has 94 valence electrons. The Labute approximate surface area is 112 Å². The third kappa shape index (κ3) is 2.34. The van der Waals surface area contributed by atoms with Gasteiger partial charge in [-0.1, -0.05) is 15.9 Å². The largest absolute Gasteiger partial charge is 0.336 e. The fourth-order valence-electron chi connectivity index (χ4n) is 1.55. The first-order valence-corrected chi connectivity index (χ1v) is 8.48. The molecule has 0 aliphatic carbocycles. The lowest BCUT2D eigenvalue weighted by atomic mass is 10.3. The van der Waals surface area contributed by atoms with Crippen LogP contribution in [0.2, 0.25) is 0 Å². The first kappa shape index (κ1) is 12.8. The highest BCUT2D eigenvalue weighted by Gasteiger charge is 2.36. The second kappa shape index (κ2) is 4.95. The lowest BCUT2D eigenvalue weighted by Gasteiger charge is -2.26. The summed E-state index contributed by atoms with van der Waals surface area (Å²) in [6, 6.07) is 0.959. The highest BCUT2D eigenvalue weighted by Crippen LogP contribution is 2.34. The Hall–Kier alpha value is -0.600. The lowest BCUT2D eigenvalue weighted by Crippen LogP contribution is -2.43. The number of nitrogens with zero attached hydrogens (tertiary/aromatic N) is 1. The van der Waals surface area contributed by atoms with Gasteiger partial charge in [0.2, 0.25) is 0 Å². The number of thiophene rings is 1. The van der Waals surface area contributed by atoms with Crippen molar-refractivity contribution in [2.45, 2.75) is 17.7 Å². The van der Waals surface area contributed by atoms with Crippen molar-refractivity contribution >= 4 is 48.3 Å². The van der Waals surface area contributed by atoms with Crippen LogP contribution in [-0.4, -0.2) is 30.6 Å². The van der Waals surface area contributed by atoms with Gasteiger partial charge < -0.3 is 0 Å². The van der Waals surface area contributed by atoms with Crippen molar-refractivity contribution in [2.24, 2.45) is 0 Å². The van der Waals surface area contributed by atoms with Crippen LogP contribution in [0, 0.1) is 0 Å². The normalized spacial score (nSPS) is 17.7. The number of fused-ring (bicyclic) bond motifs is 1. The maximum atomic E-state index is 12.1. The van der Waals surface area contributed by atoms with E-state index < -0.39 is 16.1 Å². The maximum Gasteiger partial charge on any atom is 0.336 e. The average Bonchev–Trinajstić information content (AvgIpc) is 2.71. The minimum Gasteiger partial charge on any atom is -0.297 e. The first-order chi connectivity index (χ1) is 8.07. The van der Waals surface area contributed by atoms with E-state index in [1.807, 2.05) is 0 Å². The highest BCUT2D eigenvalue weighted by atomic mass is 79.9. The summed E-state index contributed by atoms with van der Waals surface area (Å²) in [5.74, 6) is 0. The molecule has 0 aromatic carbocycles. The Morgan fingerprint density at radius 1 is 1.41 bits per heavy atom. The molecule has 1 aromatic heterocycles. The van der Waals surface area contributed by atoms with Gasteiger partial charge in [0.1, 0.15) is 9.90 Å². The summed E-state index contributed by atoms with van der Waals surface area (Å²) in [4.78, 5) is 11.9. The van der Waals surface area contributed by atoms with Gasteiger partial charge in [-0.3, -0.25) is 5.32 Å². The van der Waals surface area contributed by atoms with Crippen molar-refractivity contribution in [3.63, 3.8) is 0 Å². The number of unbranched alkanes of at least 4 members (excludes halogenated alkanes) is 1. The molecule has 17 heavy (non-hydrogen) atoms. The van der Waals surface area contributed by atoms with Crippen molar-refractivity contribution < 1.29 is 13.2 Å². The molecule has 1 aliphatic rings. The second-order valence-corrected chi connectivity index (χ2v) is 7.06. The molecule has 2 amide bonds. The van der Waals surface area contributed by atoms with Crippen LogP contribution < -0.4 is 5.32 Å². The standard InChI is InChI=1S/C9H11BrN2O3S2/c10-4-1-2-5-12-9(13)11-8-7(3-6-16-8)17(12,14)15/h3,6H,1-2,4-5H2,(H,11,13). The van der Waals surface area contributed by atoms with E-state index in [1.165, 1.54) is 17.4 Å². The van der Waals surface area contributed by atoms with E-state index in [0.29, 0.717) is 11.4 Å². The number of carbonyl (C=O) groups is 1. The van der Waals surface area contributed by atoms with Crippen molar-refractivity contribution in [3.05, 3.63) is 11.4 Å². The maximum absolute atomic E-state index is 12.1. The summed E-state index contributed by atoms with van der Waals surface area (Å²) < 4.78 is 25.2. The van der Waals surface area contributed by atoms with Crippen LogP contribution in [0.5, 0.6) is 0 Å². The van der Waals surface area contributed by atoms with E-state index in [-0.39, 0.29) is 11.4 Å². The van der Waals surface area contributed by atoms with E-state index >= 15 is 0 Å². The van der Waals surface area contributed by atoms with Gasteiger partial charge in [0.25, 0.3) is 10.0 Å². The smallest absolute Gasteiger partial charge is 0.297 e. The molecule has 0 bridgehead atoms. The van der Waals surface area contributed by atoms with Crippen LogP contribution in [-0.2, 0) is 10.0 Å². The Morgan fingerprint density at radius 2 is 2.18 bits per heavy atom. The Kier molecular flexibility index (Phi) is 3.74. The van der Waals surface area contributed by atoms with Crippen LogP contribution in [0.4, 0.5) is 9.80 Å². The number of anilines is 1. The minimum atomic E-state index is -3.65. The van der Waals surface area contributed by atoms with Crippen molar-refractivity contribution in [2.75, 3.05) is 17.2 Å². The Balaban J connectivity index is 2.26. The number of nitrogens with one attached hydrogen (secondary N) is 1. The van der Waals surface area contributed by atoms with Gasteiger partial charge >= 0.3 is 6.03 Å². The summed E-state index contributed by atoms with van der Waals surface area (Å²) in [6.45, 7) is 0.217. The van der Waals surface area contributed by atoms with E-state index in [1.54, 1.807) is 5.38 Å². The summed E-state index contributed by atoms with van der Waals surface area (Å²) in [6.07, 6.45) is 1.48. The number of halogens is 1. The third-order valence-corrected chi connectivity index (χ3v) is 5.73. The molecular formula is C9H11BrN2O3S2. The molecule has 0 saturated carbocycles. The summed E-state index contributed by atoms with van der Waals surface area (Å²) in [5.41, 5.74) is 0. The number of carbonyl (C=O) groups excluding carboxylic acids is 1. The van der Waals surface area contributed by atoms with Crippen molar-refractivity contribution in [3.8, 4) is 0 Å². The number of hydrogen-bond acceptors (Lipinski definition) is 4. The average molecular weight is 339 g/mol. The molecule has 0 unspecified atom stereocenters. The van der Waals surface area contributed by atoms with Gasteiger partial charge in [0.15, 0.2) is 0 Å². The summed E-state index contributed by atoms with van der Waals surface area (Å²) in [5, 5.41) is 5.45. The van der Waals surface area contributed by atoms with Crippen LogP contribution in [0.25, 0.3) is 0 Å². The fourth-order valence-corrected chi connectivity index (χ4v) is 4.56. The van der Waals surface area contributed by atoms with Gasteiger partial charge in [-0.2, -0.15) is 0 Å². The van der Waals surface area contributed by atoms with Gasteiger partial charge in [-0.25, -0.2) is 17.5 Å². The molecule has 2 rings (SSSR count). The van der Waals surface area contributed by atoms with Crippen LogP contribution >= 0.6 is 27.3 Å². The SMILES string of the molecule is O=C1Nc2sccc2S(=O)(=O)N1CCCCBr. The van der Waals surface area contributed by atoms with E-state index in [0.717, 1.165) is 16.1 Å². The predicted octanol–water partition coefficient (Wildman–Crippen LogP) is 2.46. The number of hydrogen-bond donors (Lipinski definition) is 1. The van der Waals surface area contributed by atoms with Gasteiger partial charge in [-0.15, -0.1) is 11.3 Å². The zero-order valence-electron chi connectivity index (χ0n) is 8.85. The quantitative estimate of drug-likeness (QED) is 0.677. The number of rotatable bonds is 4. The molecule has 0 saturated heterocycles. The monoisotopic (exact) mass is 338 g/mol. The van der Waals surface area contributed by atoms with Crippen LogP contribution in [0.1, 0.15) is 12.8 Å². The minimum absolute atomic E-state index is 0.195. The number of sulfonamides is 1. The molecule has 0 spiro atoms. The Morgan fingerprint density at radius 3 is 2.88 bits per heavy atom. The third-order valence-electron chi connectivity index (χ3n) is 2.39. The lowest BCUT2D eigenvalue weighted by molar-refractivity contribution is 0.234. The summed E-state index contributed by atoms with van der Waals surface area (Å²) in [7, 11) is -3.65. The number of amides is 2. The molecule has 1 N–H and O–H groups in total. The molecular weight excluding hydrogens is 328 g/mol. The van der Waals surface area contributed by atoms with Gasteiger partial charge in [0.05, 0.1) is 0 Å². The topological polar surface area (TPSA) is 66.5 Å². The predicted molar refractivity (Wildman–Crippen MR) is 70.3 cm³/mol. The molecule has 1 aromatic rings. The zero-order valence-corrected chi connectivity index (χ0v) is 12.1. The molecule has 0 fully saturated rings. The van der Waals surface area contributed by atoms with Crippen LogP contribution in [0.3, 0.4) is 0 Å². The molecule has 0 radical (unpaired) electrons. The summed E-state index contributed by atoms with van der Waals surface area (Å²) >= 11 is 4.49. The first-order valence-electron chi connectivity index (χ1n) is 5.04. The molecule has 2 heterocycles. The van der Waals surface area contributed by atoms with Crippen molar-refractivity contribution in [1.29, 1.82) is 0 Å². The fraction of sp³-hybridized carbons (Fsp3) is 0.444. The molecule has 0 atom stereocenters. The van der Waals surface area contributed by atoms with Gasteiger partial charge in [0, 0.05) is 11.9 Å². The Bertz CT molecular complexity index is 526. The van der Waals surface area contributed by atoms with E-state index in [2.05, 4.69) is 21.2 Å². The van der Waals surface area contributed by atoms with E-state index in [4.69, 9.17) is 0 Å². The second-order valence-electron chi connectivity index (χ2n) is 3.52. The highest BCUT2D eigenvalue weighted by molar-refractivity contribution is 9.09. The van der Waals surface area contributed by atoms with Gasteiger partial charge in [-0.05, 0) is 24.3 Å². The number of alkyl halides is 1. The van der Waals surface area contributed by atoms with Crippen LogP contribution in [0.15, 0.2) is 16.3 Å².